The smallest absolute Gasteiger partial charge is 0.234 e. The minimum atomic E-state index is -0.945. The number of rotatable bonds is 5. The molecule has 0 saturated carbocycles. The standard InChI is InChI=1S/C16H13F2NO2S/c1-10(20)11-3-2-4-12(7-11)19-16(21)9-22-13-5-6-14(17)15(18)8-13/h2-8H,9H2,1H3,(H,19,21). The van der Waals surface area contributed by atoms with Crippen molar-refractivity contribution in [1.82, 2.24) is 0 Å². The third kappa shape index (κ3) is 4.39. The van der Waals surface area contributed by atoms with Crippen LogP contribution in [0.5, 0.6) is 0 Å². The van der Waals surface area contributed by atoms with E-state index < -0.39 is 11.6 Å². The summed E-state index contributed by atoms with van der Waals surface area (Å²) in [6.45, 7) is 1.44. The van der Waals surface area contributed by atoms with Crippen molar-refractivity contribution in [3.63, 3.8) is 0 Å². The molecule has 1 amide bonds. The minimum absolute atomic E-state index is 0.0510. The second-order valence-corrected chi connectivity index (χ2v) is 5.60. The van der Waals surface area contributed by atoms with Gasteiger partial charge in [-0.05, 0) is 37.3 Å². The molecule has 0 aliphatic carbocycles. The van der Waals surface area contributed by atoms with Gasteiger partial charge < -0.3 is 5.32 Å². The molecule has 0 heterocycles. The fourth-order valence-electron chi connectivity index (χ4n) is 1.73. The molecule has 6 heteroatoms. The number of benzene rings is 2. The Morgan fingerprint density at radius 2 is 1.86 bits per heavy atom. The number of hydrogen-bond acceptors (Lipinski definition) is 3. The van der Waals surface area contributed by atoms with E-state index in [4.69, 9.17) is 0 Å². The fraction of sp³-hybridized carbons (Fsp3) is 0.125. The van der Waals surface area contributed by atoms with Crippen molar-refractivity contribution in [2.24, 2.45) is 0 Å². The maximum atomic E-state index is 13.0. The van der Waals surface area contributed by atoms with Crippen molar-refractivity contribution in [3.05, 3.63) is 59.7 Å². The molecule has 2 rings (SSSR count). The first-order valence-electron chi connectivity index (χ1n) is 6.44. The van der Waals surface area contributed by atoms with Gasteiger partial charge in [-0.2, -0.15) is 0 Å². The van der Waals surface area contributed by atoms with E-state index in [0.717, 1.165) is 23.9 Å². The molecular weight excluding hydrogens is 308 g/mol. The molecule has 0 spiro atoms. The summed E-state index contributed by atoms with van der Waals surface area (Å²) in [5.41, 5.74) is 1.02. The van der Waals surface area contributed by atoms with Gasteiger partial charge in [0.2, 0.25) is 5.91 Å². The zero-order valence-corrected chi connectivity index (χ0v) is 12.5. The van der Waals surface area contributed by atoms with Crippen molar-refractivity contribution in [2.75, 3.05) is 11.1 Å². The number of ketones is 1. The van der Waals surface area contributed by atoms with Gasteiger partial charge in [-0.3, -0.25) is 9.59 Å². The summed E-state index contributed by atoms with van der Waals surface area (Å²) >= 11 is 1.10. The lowest BCUT2D eigenvalue weighted by molar-refractivity contribution is -0.113. The molecule has 0 atom stereocenters. The van der Waals surface area contributed by atoms with Crippen molar-refractivity contribution < 1.29 is 18.4 Å². The molecule has 0 aromatic heterocycles. The van der Waals surface area contributed by atoms with E-state index in [1.165, 1.54) is 13.0 Å². The number of hydrogen-bond donors (Lipinski definition) is 1. The Morgan fingerprint density at radius 1 is 1.09 bits per heavy atom. The zero-order chi connectivity index (χ0) is 16.1. The monoisotopic (exact) mass is 321 g/mol. The Labute approximate surface area is 130 Å². The molecule has 0 unspecified atom stereocenters. The van der Waals surface area contributed by atoms with Crippen molar-refractivity contribution >= 4 is 29.1 Å². The van der Waals surface area contributed by atoms with E-state index >= 15 is 0 Å². The van der Waals surface area contributed by atoms with Gasteiger partial charge in [0.25, 0.3) is 0 Å². The quantitative estimate of drug-likeness (QED) is 0.671. The maximum Gasteiger partial charge on any atom is 0.234 e. The van der Waals surface area contributed by atoms with E-state index in [1.807, 2.05) is 0 Å². The Hall–Kier alpha value is -2.21. The van der Waals surface area contributed by atoms with Crippen molar-refractivity contribution in [3.8, 4) is 0 Å². The van der Waals surface area contributed by atoms with Crippen LogP contribution in [-0.4, -0.2) is 17.4 Å². The third-order valence-corrected chi connectivity index (χ3v) is 3.81. The van der Waals surface area contributed by atoms with Crippen LogP contribution in [-0.2, 0) is 4.79 Å². The average Bonchev–Trinajstić information content (AvgIpc) is 2.49. The zero-order valence-electron chi connectivity index (χ0n) is 11.7. The normalized spacial score (nSPS) is 10.3. The van der Waals surface area contributed by atoms with Crippen LogP contribution in [0.4, 0.5) is 14.5 Å². The molecule has 0 radical (unpaired) electrons. The lowest BCUT2D eigenvalue weighted by Crippen LogP contribution is -2.14. The summed E-state index contributed by atoms with van der Waals surface area (Å²) in [5.74, 6) is -2.20. The van der Waals surface area contributed by atoms with Crippen LogP contribution in [0.25, 0.3) is 0 Å². The van der Waals surface area contributed by atoms with Gasteiger partial charge in [-0.1, -0.05) is 12.1 Å². The molecule has 22 heavy (non-hydrogen) atoms. The first kappa shape index (κ1) is 16.2. The van der Waals surface area contributed by atoms with Crippen LogP contribution >= 0.6 is 11.8 Å². The number of thioether (sulfide) groups is 1. The average molecular weight is 321 g/mol. The summed E-state index contributed by atoms with van der Waals surface area (Å²) in [6, 6.07) is 10.1. The molecule has 1 N–H and O–H groups in total. The van der Waals surface area contributed by atoms with Gasteiger partial charge in [0.05, 0.1) is 5.75 Å². The predicted molar refractivity (Wildman–Crippen MR) is 82.2 cm³/mol. The largest absolute Gasteiger partial charge is 0.325 e. The Kier molecular flexibility index (Phi) is 5.27. The van der Waals surface area contributed by atoms with E-state index in [9.17, 15) is 18.4 Å². The van der Waals surface area contributed by atoms with Gasteiger partial charge in [-0.15, -0.1) is 11.8 Å². The summed E-state index contributed by atoms with van der Waals surface area (Å²) in [6.07, 6.45) is 0. The SMILES string of the molecule is CC(=O)c1cccc(NC(=O)CSc2ccc(F)c(F)c2)c1. The number of amides is 1. The Morgan fingerprint density at radius 3 is 2.55 bits per heavy atom. The van der Waals surface area contributed by atoms with Gasteiger partial charge in [0.15, 0.2) is 17.4 Å². The molecule has 0 aliphatic rings. The molecule has 0 bridgehead atoms. The van der Waals surface area contributed by atoms with Crippen LogP contribution in [0.1, 0.15) is 17.3 Å². The van der Waals surface area contributed by atoms with Crippen LogP contribution in [0.3, 0.4) is 0 Å². The Balaban J connectivity index is 1.94. The second kappa shape index (κ2) is 7.17. The summed E-state index contributed by atoms with van der Waals surface area (Å²) in [4.78, 5) is 23.6. The molecule has 2 aromatic rings. The van der Waals surface area contributed by atoms with Crippen LogP contribution < -0.4 is 5.32 Å². The lowest BCUT2D eigenvalue weighted by atomic mass is 10.1. The molecule has 3 nitrogen and oxygen atoms in total. The summed E-state index contributed by atoms with van der Waals surface area (Å²) in [7, 11) is 0. The fourth-order valence-corrected chi connectivity index (χ4v) is 2.45. The van der Waals surface area contributed by atoms with Crippen LogP contribution in [0.15, 0.2) is 47.4 Å². The number of carbonyl (C=O) groups excluding carboxylic acids is 2. The summed E-state index contributed by atoms with van der Waals surface area (Å²) < 4.78 is 25.8. The van der Waals surface area contributed by atoms with Crippen LogP contribution in [0, 0.1) is 11.6 Å². The minimum Gasteiger partial charge on any atom is -0.325 e. The highest BCUT2D eigenvalue weighted by molar-refractivity contribution is 8.00. The van der Waals surface area contributed by atoms with E-state index in [2.05, 4.69) is 5.32 Å². The predicted octanol–water partition coefficient (Wildman–Crippen LogP) is 3.90. The van der Waals surface area contributed by atoms with Gasteiger partial charge in [-0.25, -0.2) is 8.78 Å². The number of carbonyl (C=O) groups is 2. The molecular formula is C16H13F2NO2S. The highest BCUT2D eigenvalue weighted by atomic mass is 32.2. The number of Topliss-reactive ketones (excluding diaryl/α,β-unsaturated/α-hetero) is 1. The second-order valence-electron chi connectivity index (χ2n) is 4.55. The lowest BCUT2D eigenvalue weighted by Gasteiger charge is -2.06. The number of halogens is 2. The highest BCUT2D eigenvalue weighted by Gasteiger charge is 2.08. The Bertz CT molecular complexity index is 719. The topological polar surface area (TPSA) is 46.2 Å². The maximum absolute atomic E-state index is 13.0. The first-order chi connectivity index (χ1) is 10.5. The van der Waals surface area contributed by atoms with Crippen LogP contribution in [0.2, 0.25) is 0 Å². The molecule has 0 saturated heterocycles. The van der Waals surface area contributed by atoms with E-state index in [-0.39, 0.29) is 17.4 Å². The van der Waals surface area contributed by atoms with Gasteiger partial charge in [0.1, 0.15) is 0 Å². The van der Waals surface area contributed by atoms with E-state index in [1.54, 1.807) is 24.3 Å². The molecule has 2 aromatic carbocycles. The third-order valence-electron chi connectivity index (χ3n) is 2.81. The number of anilines is 1. The summed E-state index contributed by atoms with van der Waals surface area (Å²) in [5, 5.41) is 2.65. The van der Waals surface area contributed by atoms with Gasteiger partial charge in [0, 0.05) is 16.1 Å². The molecule has 0 aliphatic heterocycles. The van der Waals surface area contributed by atoms with Crippen molar-refractivity contribution in [2.45, 2.75) is 11.8 Å². The first-order valence-corrected chi connectivity index (χ1v) is 7.43. The molecule has 0 fully saturated rings. The highest BCUT2D eigenvalue weighted by Crippen LogP contribution is 2.21. The van der Waals surface area contributed by atoms with E-state index in [0.29, 0.717) is 16.1 Å². The van der Waals surface area contributed by atoms with Crippen molar-refractivity contribution in [1.29, 1.82) is 0 Å². The number of nitrogens with one attached hydrogen (secondary N) is 1. The van der Waals surface area contributed by atoms with Gasteiger partial charge >= 0.3 is 0 Å². The molecule has 114 valence electrons.